The topological polar surface area (TPSA) is 24.1 Å². The summed E-state index contributed by atoms with van der Waals surface area (Å²) >= 11 is 0. The van der Waals surface area contributed by atoms with Gasteiger partial charge in [0.15, 0.2) is 0 Å². The molecule has 0 aromatic heterocycles. The van der Waals surface area contributed by atoms with Gasteiger partial charge in [0, 0.05) is 18.8 Å². The number of fused-ring (bicyclic) bond motifs is 1. The van der Waals surface area contributed by atoms with Crippen LogP contribution in [0.1, 0.15) is 17.5 Å². The first kappa shape index (κ1) is 10.2. The molecule has 2 nitrogen and oxygen atoms in total. The SMILES string of the molecule is C=CCCNCc1cccc2c1NCC2. The molecule has 2 rings (SSSR count). The predicted molar refractivity (Wildman–Crippen MR) is 65.2 cm³/mol. The van der Waals surface area contributed by atoms with Gasteiger partial charge in [0.1, 0.15) is 0 Å². The predicted octanol–water partition coefficient (Wildman–Crippen LogP) is 2.32. The fourth-order valence-corrected chi connectivity index (χ4v) is 1.99. The van der Waals surface area contributed by atoms with Crippen LogP contribution in [-0.4, -0.2) is 13.1 Å². The molecule has 1 aromatic rings. The largest absolute Gasteiger partial charge is 0.384 e. The molecule has 0 aliphatic carbocycles. The molecule has 0 amide bonds. The van der Waals surface area contributed by atoms with E-state index in [1.165, 1.54) is 16.8 Å². The molecule has 0 atom stereocenters. The number of hydrogen-bond donors (Lipinski definition) is 2. The molecule has 0 saturated carbocycles. The Balaban J connectivity index is 1.96. The summed E-state index contributed by atoms with van der Waals surface area (Å²) in [6.45, 7) is 6.75. The third-order valence-electron chi connectivity index (χ3n) is 2.77. The number of benzene rings is 1. The van der Waals surface area contributed by atoms with Gasteiger partial charge in [-0.3, -0.25) is 0 Å². The van der Waals surface area contributed by atoms with E-state index >= 15 is 0 Å². The van der Waals surface area contributed by atoms with Crippen LogP contribution in [-0.2, 0) is 13.0 Å². The van der Waals surface area contributed by atoms with Crippen molar-refractivity contribution < 1.29 is 0 Å². The molecule has 1 heterocycles. The Morgan fingerprint density at radius 1 is 1.47 bits per heavy atom. The van der Waals surface area contributed by atoms with Gasteiger partial charge in [-0.1, -0.05) is 24.3 Å². The van der Waals surface area contributed by atoms with E-state index in [2.05, 4.69) is 35.4 Å². The van der Waals surface area contributed by atoms with Gasteiger partial charge in [-0.2, -0.15) is 0 Å². The number of para-hydroxylation sites is 1. The monoisotopic (exact) mass is 202 g/mol. The maximum atomic E-state index is 3.71. The van der Waals surface area contributed by atoms with E-state index in [9.17, 15) is 0 Å². The standard InChI is InChI=1S/C13H18N2/c1-2-3-8-14-10-12-6-4-5-11-7-9-15-13(11)12/h2,4-6,14-15H,1,3,7-10H2. The van der Waals surface area contributed by atoms with E-state index in [-0.39, 0.29) is 0 Å². The normalized spacial score (nSPS) is 13.3. The first-order valence-corrected chi connectivity index (χ1v) is 5.58. The van der Waals surface area contributed by atoms with Gasteiger partial charge < -0.3 is 10.6 Å². The highest BCUT2D eigenvalue weighted by molar-refractivity contribution is 5.61. The summed E-state index contributed by atoms with van der Waals surface area (Å²) in [4.78, 5) is 0. The van der Waals surface area contributed by atoms with Crippen LogP contribution in [0.5, 0.6) is 0 Å². The highest BCUT2D eigenvalue weighted by Crippen LogP contribution is 2.25. The quantitative estimate of drug-likeness (QED) is 0.565. The molecule has 0 radical (unpaired) electrons. The summed E-state index contributed by atoms with van der Waals surface area (Å²) in [7, 11) is 0. The van der Waals surface area contributed by atoms with Crippen LogP contribution in [0.15, 0.2) is 30.9 Å². The summed E-state index contributed by atoms with van der Waals surface area (Å²) in [5.74, 6) is 0. The minimum Gasteiger partial charge on any atom is -0.384 e. The van der Waals surface area contributed by atoms with Crippen molar-refractivity contribution in [2.75, 3.05) is 18.4 Å². The minimum absolute atomic E-state index is 0.948. The van der Waals surface area contributed by atoms with E-state index in [1.54, 1.807) is 0 Å². The second kappa shape index (κ2) is 4.99. The summed E-state index contributed by atoms with van der Waals surface area (Å²) < 4.78 is 0. The number of rotatable bonds is 5. The third-order valence-corrected chi connectivity index (χ3v) is 2.77. The van der Waals surface area contributed by atoms with E-state index in [1.807, 2.05) is 6.08 Å². The molecule has 1 aliphatic rings. The summed E-state index contributed by atoms with van der Waals surface area (Å²) in [6.07, 6.45) is 4.14. The second-order valence-electron chi connectivity index (χ2n) is 3.88. The second-order valence-corrected chi connectivity index (χ2v) is 3.88. The molecule has 15 heavy (non-hydrogen) atoms. The van der Waals surface area contributed by atoms with Crippen molar-refractivity contribution in [1.29, 1.82) is 0 Å². The Labute approximate surface area is 91.4 Å². The van der Waals surface area contributed by atoms with Crippen molar-refractivity contribution in [1.82, 2.24) is 5.32 Å². The van der Waals surface area contributed by atoms with Gasteiger partial charge >= 0.3 is 0 Å². The maximum Gasteiger partial charge on any atom is 0.0419 e. The van der Waals surface area contributed by atoms with Crippen LogP contribution in [0.25, 0.3) is 0 Å². The first-order chi connectivity index (χ1) is 7.42. The van der Waals surface area contributed by atoms with Crippen LogP contribution < -0.4 is 10.6 Å². The van der Waals surface area contributed by atoms with E-state index in [0.29, 0.717) is 0 Å². The van der Waals surface area contributed by atoms with E-state index < -0.39 is 0 Å². The summed E-state index contributed by atoms with van der Waals surface area (Å²) in [5, 5.41) is 6.87. The van der Waals surface area contributed by atoms with Crippen molar-refractivity contribution in [3.05, 3.63) is 42.0 Å². The lowest BCUT2D eigenvalue weighted by Crippen LogP contribution is -2.14. The van der Waals surface area contributed by atoms with Gasteiger partial charge in [0.05, 0.1) is 0 Å². The van der Waals surface area contributed by atoms with Crippen LogP contribution in [0.2, 0.25) is 0 Å². The average molecular weight is 202 g/mol. The number of anilines is 1. The van der Waals surface area contributed by atoms with Crippen molar-refractivity contribution in [3.63, 3.8) is 0 Å². The Kier molecular flexibility index (Phi) is 3.41. The Morgan fingerprint density at radius 2 is 2.40 bits per heavy atom. The summed E-state index contributed by atoms with van der Waals surface area (Å²) in [6, 6.07) is 6.55. The molecule has 0 bridgehead atoms. The van der Waals surface area contributed by atoms with Crippen molar-refractivity contribution in [3.8, 4) is 0 Å². The Bertz CT molecular complexity index is 344. The van der Waals surface area contributed by atoms with Crippen molar-refractivity contribution >= 4 is 5.69 Å². The molecular formula is C13H18N2. The van der Waals surface area contributed by atoms with Gasteiger partial charge in [-0.25, -0.2) is 0 Å². The molecule has 0 fully saturated rings. The van der Waals surface area contributed by atoms with Gasteiger partial charge in [0.2, 0.25) is 0 Å². The Hall–Kier alpha value is -1.28. The van der Waals surface area contributed by atoms with Gasteiger partial charge in [-0.15, -0.1) is 6.58 Å². The summed E-state index contributed by atoms with van der Waals surface area (Å²) in [5.41, 5.74) is 4.19. The van der Waals surface area contributed by atoms with Crippen LogP contribution in [0.4, 0.5) is 5.69 Å². The van der Waals surface area contributed by atoms with Gasteiger partial charge in [-0.05, 0) is 30.5 Å². The molecular weight excluding hydrogens is 184 g/mol. The lowest BCUT2D eigenvalue weighted by molar-refractivity contribution is 0.697. The molecule has 80 valence electrons. The molecule has 1 aromatic carbocycles. The molecule has 2 N–H and O–H groups in total. The zero-order valence-electron chi connectivity index (χ0n) is 9.05. The maximum absolute atomic E-state index is 3.71. The zero-order chi connectivity index (χ0) is 10.5. The van der Waals surface area contributed by atoms with E-state index in [4.69, 9.17) is 0 Å². The lowest BCUT2D eigenvalue weighted by Gasteiger charge is -2.09. The van der Waals surface area contributed by atoms with Crippen molar-refractivity contribution in [2.24, 2.45) is 0 Å². The zero-order valence-corrected chi connectivity index (χ0v) is 9.05. The molecule has 2 heteroatoms. The smallest absolute Gasteiger partial charge is 0.0419 e. The molecule has 1 aliphatic heterocycles. The van der Waals surface area contributed by atoms with Crippen molar-refractivity contribution in [2.45, 2.75) is 19.4 Å². The van der Waals surface area contributed by atoms with E-state index in [0.717, 1.165) is 32.5 Å². The lowest BCUT2D eigenvalue weighted by atomic mass is 10.1. The van der Waals surface area contributed by atoms with Gasteiger partial charge in [0.25, 0.3) is 0 Å². The Morgan fingerprint density at radius 3 is 3.27 bits per heavy atom. The highest BCUT2D eigenvalue weighted by atomic mass is 14.9. The first-order valence-electron chi connectivity index (χ1n) is 5.58. The third kappa shape index (κ3) is 2.39. The molecule has 0 unspecified atom stereocenters. The molecule has 0 saturated heterocycles. The average Bonchev–Trinajstić information content (AvgIpc) is 2.73. The molecule has 0 spiro atoms. The number of hydrogen-bond acceptors (Lipinski definition) is 2. The highest BCUT2D eigenvalue weighted by Gasteiger charge is 2.12. The fourth-order valence-electron chi connectivity index (χ4n) is 1.99. The fraction of sp³-hybridized carbons (Fsp3) is 0.385. The van der Waals surface area contributed by atoms with Crippen LogP contribution >= 0.6 is 0 Å². The van der Waals surface area contributed by atoms with Crippen LogP contribution in [0, 0.1) is 0 Å². The van der Waals surface area contributed by atoms with Crippen LogP contribution in [0.3, 0.4) is 0 Å². The number of nitrogens with one attached hydrogen (secondary N) is 2. The minimum atomic E-state index is 0.948.